The molecule has 1 heterocycles. The Morgan fingerprint density at radius 1 is 1.24 bits per heavy atom. The highest BCUT2D eigenvalue weighted by atomic mass is 16.6. The number of rotatable bonds is 2. The zero-order valence-electron chi connectivity index (χ0n) is 9.57. The lowest BCUT2D eigenvalue weighted by atomic mass is 10.0. The molecule has 86 valence electrons. The molecule has 1 fully saturated rings. The molecule has 1 atom stereocenters. The molecule has 1 amide bonds. The first-order chi connectivity index (χ1) is 8.18. The van der Waals surface area contributed by atoms with Gasteiger partial charge in [-0.05, 0) is 23.8 Å². The van der Waals surface area contributed by atoms with Crippen molar-refractivity contribution in [2.45, 2.75) is 12.6 Å². The number of carbonyl (C=O) groups is 1. The van der Waals surface area contributed by atoms with E-state index in [0.717, 1.165) is 10.8 Å². The molecule has 3 nitrogen and oxygen atoms in total. The van der Waals surface area contributed by atoms with E-state index in [0.29, 0.717) is 12.2 Å². The van der Waals surface area contributed by atoms with Crippen LogP contribution in [0.15, 0.2) is 42.5 Å². The van der Waals surface area contributed by atoms with Gasteiger partial charge in [-0.15, -0.1) is 0 Å². The van der Waals surface area contributed by atoms with Crippen molar-refractivity contribution >= 4 is 16.7 Å². The number of hydrogen-bond acceptors (Lipinski definition) is 2. The van der Waals surface area contributed by atoms with Crippen LogP contribution in [0.3, 0.4) is 0 Å². The van der Waals surface area contributed by atoms with Gasteiger partial charge < -0.3 is 10.1 Å². The Hall–Kier alpha value is -1.87. The SMILES string of the molecule is CC1(NC(=O)c2cccc3ccccc23)CO1. The molecule has 1 unspecified atom stereocenters. The van der Waals surface area contributed by atoms with Gasteiger partial charge in [0.05, 0.1) is 6.61 Å². The Morgan fingerprint density at radius 3 is 2.71 bits per heavy atom. The van der Waals surface area contributed by atoms with Crippen molar-refractivity contribution in [2.75, 3.05) is 6.61 Å². The van der Waals surface area contributed by atoms with Gasteiger partial charge in [0, 0.05) is 5.56 Å². The number of ether oxygens (including phenoxy) is 1. The van der Waals surface area contributed by atoms with E-state index in [9.17, 15) is 4.79 Å². The van der Waals surface area contributed by atoms with E-state index in [1.165, 1.54) is 0 Å². The lowest BCUT2D eigenvalue weighted by Crippen LogP contribution is -2.35. The molecule has 0 aliphatic carbocycles. The summed E-state index contributed by atoms with van der Waals surface area (Å²) in [5.74, 6) is -0.0817. The number of benzene rings is 2. The lowest BCUT2D eigenvalue weighted by molar-refractivity contribution is 0.0903. The highest BCUT2D eigenvalue weighted by Crippen LogP contribution is 2.24. The molecule has 1 N–H and O–H groups in total. The van der Waals surface area contributed by atoms with Gasteiger partial charge in [-0.25, -0.2) is 0 Å². The molecule has 1 aliphatic rings. The van der Waals surface area contributed by atoms with Crippen molar-refractivity contribution in [3.8, 4) is 0 Å². The molecule has 1 saturated heterocycles. The van der Waals surface area contributed by atoms with Crippen LogP contribution in [0.25, 0.3) is 10.8 Å². The maximum absolute atomic E-state index is 12.1. The van der Waals surface area contributed by atoms with E-state index < -0.39 is 5.72 Å². The Bertz CT molecular complexity index is 582. The van der Waals surface area contributed by atoms with Crippen molar-refractivity contribution < 1.29 is 9.53 Å². The summed E-state index contributed by atoms with van der Waals surface area (Å²) in [6.07, 6.45) is 0. The van der Waals surface area contributed by atoms with Crippen molar-refractivity contribution in [1.82, 2.24) is 5.32 Å². The molecule has 0 spiro atoms. The Morgan fingerprint density at radius 2 is 1.94 bits per heavy atom. The summed E-state index contributed by atoms with van der Waals surface area (Å²) in [5.41, 5.74) is 0.230. The first-order valence-electron chi connectivity index (χ1n) is 5.62. The standard InChI is InChI=1S/C14H13NO2/c1-14(9-17-14)15-13(16)12-8-4-6-10-5-2-3-7-11(10)12/h2-8H,9H2,1H3,(H,15,16). The van der Waals surface area contributed by atoms with Gasteiger partial charge in [0.1, 0.15) is 0 Å². The van der Waals surface area contributed by atoms with E-state index in [1.54, 1.807) is 0 Å². The van der Waals surface area contributed by atoms with Crippen LogP contribution in [0, 0.1) is 0 Å². The lowest BCUT2D eigenvalue weighted by Gasteiger charge is -2.10. The third kappa shape index (κ3) is 1.89. The molecule has 1 aliphatic heterocycles. The summed E-state index contributed by atoms with van der Waals surface area (Å²) in [6, 6.07) is 13.6. The predicted octanol–water partition coefficient (Wildman–Crippen LogP) is 2.32. The normalized spacial score (nSPS) is 22.4. The van der Waals surface area contributed by atoms with Gasteiger partial charge in [-0.3, -0.25) is 4.79 Å². The van der Waals surface area contributed by atoms with Crippen LogP contribution < -0.4 is 5.32 Å². The Balaban J connectivity index is 2.01. The summed E-state index contributed by atoms with van der Waals surface area (Å²) >= 11 is 0. The summed E-state index contributed by atoms with van der Waals surface area (Å²) in [4.78, 5) is 12.1. The Kier molecular flexibility index (Phi) is 2.16. The molecule has 0 bridgehead atoms. The maximum atomic E-state index is 12.1. The van der Waals surface area contributed by atoms with Crippen molar-refractivity contribution in [1.29, 1.82) is 0 Å². The minimum absolute atomic E-state index is 0.0817. The number of epoxide rings is 1. The molecule has 17 heavy (non-hydrogen) atoms. The van der Waals surface area contributed by atoms with Gasteiger partial charge in [0.2, 0.25) is 0 Å². The average molecular weight is 227 g/mol. The largest absolute Gasteiger partial charge is 0.349 e. The maximum Gasteiger partial charge on any atom is 0.254 e. The van der Waals surface area contributed by atoms with Crippen LogP contribution in [0.1, 0.15) is 17.3 Å². The number of nitrogens with one attached hydrogen (secondary N) is 1. The number of hydrogen-bond donors (Lipinski definition) is 1. The Labute approximate surface area is 99.4 Å². The molecule has 0 radical (unpaired) electrons. The molecule has 3 heteroatoms. The van der Waals surface area contributed by atoms with Gasteiger partial charge in [0.15, 0.2) is 5.72 Å². The fraction of sp³-hybridized carbons (Fsp3) is 0.214. The molecule has 0 saturated carbocycles. The van der Waals surface area contributed by atoms with E-state index in [-0.39, 0.29) is 5.91 Å². The molecule has 3 rings (SSSR count). The first kappa shape index (κ1) is 10.3. The van der Waals surface area contributed by atoms with Gasteiger partial charge >= 0.3 is 0 Å². The van der Waals surface area contributed by atoms with Crippen LogP contribution in [0.2, 0.25) is 0 Å². The third-order valence-corrected chi connectivity index (χ3v) is 2.99. The molecule has 2 aromatic carbocycles. The van der Waals surface area contributed by atoms with Crippen LogP contribution in [0.4, 0.5) is 0 Å². The van der Waals surface area contributed by atoms with Gasteiger partial charge in [-0.2, -0.15) is 0 Å². The van der Waals surface area contributed by atoms with Crippen molar-refractivity contribution in [3.05, 3.63) is 48.0 Å². The van der Waals surface area contributed by atoms with E-state index in [4.69, 9.17) is 4.74 Å². The fourth-order valence-corrected chi connectivity index (χ4v) is 1.91. The molecule has 0 aromatic heterocycles. The summed E-state index contributed by atoms with van der Waals surface area (Å²) < 4.78 is 5.17. The quantitative estimate of drug-likeness (QED) is 0.800. The van der Waals surface area contributed by atoms with Crippen LogP contribution >= 0.6 is 0 Å². The third-order valence-electron chi connectivity index (χ3n) is 2.99. The second-order valence-electron chi connectivity index (χ2n) is 4.50. The monoisotopic (exact) mass is 227 g/mol. The fourth-order valence-electron chi connectivity index (χ4n) is 1.91. The second-order valence-corrected chi connectivity index (χ2v) is 4.50. The first-order valence-corrected chi connectivity index (χ1v) is 5.62. The van der Waals surface area contributed by atoms with Crippen molar-refractivity contribution in [3.63, 3.8) is 0 Å². The highest BCUT2D eigenvalue weighted by molar-refractivity contribution is 6.07. The zero-order chi connectivity index (χ0) is 11.9. The molecule has 2 aromatic rings. The van der Waals surface area contributed by atoms with Gasteiger partial charge in [0.25, 0.3) is 5.91 Å². The van der Waals surface area contributed by atoms with E-state index in [2.05, 4.69) is 5.32 Å². The van der Waals surface area contributed by atoms with Crippen LogP contribution in [-0.2, 0) is 4.74 Å². The zero-order valence-corrected chi connectivity index (χ0v) is 9.57. The van der Waals surface area contributed by atoms with Crippen molar-refractivity contribution in [2.24, 2.45) is 0 Å². The number of fused-ring (bicyclic) bond motifs is 1. The number of carbonyl (C=O) groups excluding carboxylic acids is 1. The highest BCUT2D eigenvalue weighted by Gasteiger charge is 2.41. The van der Waals surface area contributed by atoms with Crippen LogP contribution in [0.5, 0.6) is 0 Å². The van der Waals surface area contributed by atoms with Crippen LogP contribution in [-0.4, -0.2) is 18.2 Å². The summed E-state index contributed by atoms with van der Waals surface area (Å²) in [5, 5.41) is 4.92. The topological polar surface area (TPSA) is 41.6 Å². The van der Waals surface area contributed by atoms with Gasteiger partial charge in [-0.1, -0.05) is 36.4 Å². The smallest absolute Gasteiger partial charge is 0.254 e. The van der Waals surface area contributed by atoms with E-state index >= 15 is 0 Å². The molecular weight excluding hydrogens is 214 g/mol. The minimum Gasteiger partial charge on any atom is -0.349 e. The van der Waals surface area contributed by atoms with E-state index in [1.807, 2.05) is 49.4 Å². The number of amides is 1. The second kappa shape index (κ2) is 3.57. The minimum atomic E-state index is -0.464. The summed E-state index contributed by atoms with van der Waals surface area (Å²) in [6.45, 7) is 2.46. The molecular formula is C14H13NO2. The predicted molar refractivity (Wildman–Crippen MR) is 65.8 cm³/mol. The summed E-state index contributed by atoms with van der Waals surface area (Å²) in [7, 11) is 0. The average Bonchev–Trinajstić information content (AvgIpc) is 3.06.